The highest BCUT2D eigenvalue weighted by molar-refractivity contribution is 5.79. The van der Waals surface area contributed by atoms with Crippen LogP contribution < -0.4 is 27.3 Å². The van der Waals surface area contributed by atoms with Gasteiger partial charge in [-0.15, -0.1) is 5.92 Å². The van der Waals surface area contributed by atoms with Crippen LogP contribution in [0.25, 0.3) is 22.4 Å². The number of pyridine rings is 1. The highest BCUT2D eigenvalue weighted by Gasteiger charge is 2.17. The Morgan fingerprint density at radius 2 is 1.84 bits per heavy atom. The van der Waals surface area contributed by atoms with E-state index >= 15 is 0 Å². The second kappa shape index (κ2) is 9.45. The van der Waals surface area contributed by atoms with Gasteiger partial charge in [-0.05, 0) is 31.2 Å². The Balaban J connectivity index is 0.00000272. The predicted octanol–water partition coefficient (Wildman–Crippen LogP) is -0.831. The van der Waals surface area contributed by atoms with Gasteiger partial charge in [-0.2, -0.15) is 5.10 Å². The van der Waals surface area contributed by atoms with Gasteiger partial charge in [0, 0.05) is 30.3 Å². The third-order valence-corrected chi connectivity index (χ3v) is 4.93. The Morgan fingerprint density at radius 1 is 1.13 bits per heavy atom. The zero-order valence-electron chi connectivity index (χ0n) is 17.5. The predicted molar refractivity (Wildman–Crippen MR) is 114 cm³/mol. The normalized spacial score (nSPS) is 10.3. The van der Waals surface area contributed by atoms with Gasteiger partial charge in [0.1, 0.15) is 22.6 Å². The van der Waals surface area contributed by atoms with E-state index in [2.05, 4.69) is 26.5 Å². The number of hydrogen-bond acceptors (Lipinski definition) is 4. The molecular formula is C23H22ClN5O2. The van der Waals surface area contributed by atoms with E-state index in [9.17, 15) is 4.79 Å². The van der Waals surface area contributed by atoms with Crippen LogP contribution in [-0.2, 0) is 20.1 Å². The summed E-state index contributed by atoms with van der Waals surface area (Å²) in [5, 5.41) is 4.09. The number of fused-ring (bicyclic) bond motifs is 1. The number of halogens is 1. The van der Waals surface area contributed by atoms with Crippen molar-refractivity contribution in [1.82, 2.24) is 19.3 Å². The fraction of sp³-hybridized carbons (Fsp3) is 0.217. The summed E-state index contributed by atoms with van der Waals surface area (Å²) < 4.78 is 10.5. The van der Waals surface area contributed by atoms with E-state index < -0.39 is 0 Å². The number of rotatable bonds is 5. The van der Waals surface area contributed by atoms with Crippen molar-refractivity contribution in [3.05, 3.63) is 70.9 Å². The van der Waals surface area contributed by atoms with Crippen LogP contribution in [0.15, 0.2) is 59.8 Å². The van der Waals surface area contributed by atoms with Crippen LogP contribution in [0.2, 0.25) is 0 Å². The number of benzene rings is 1. The lowest BCUT2D eigenvalue weighted by Crippen LogP contribution is -3.00. The molecule has 0 amide bonds. The van der Waals surface area contributed by atoms with Crippen LogP contribution in [0.3, 0.4) is 0 Å². The zero-order chi connectivity index (χ0) is 21.1. The third-order valence-electron chi connectivity index (χ3n) is 4.93. The van der Waals surface area contributed by atoms with E-state index in [4.69, 9.17) is 4.74 Å². The second-order valence-electron chi connectivity index (χ2n) is 6.86. The Bertz CT molecular complexity index is 1310. The number of imidazole rings is 1. The second-order valence-corrected chi connectivity index (χ2v) is 6.86. The molecule has 0 bridgehead atoms. The minimum atomic E-state index is -0.186. The molecule has 0 atom stereocenters. The van der Waals surface area contributed by atoms with Crippen molar-refractivity contribution >= 4 is 11.0 Å². The average Bonchev–Trinajstić information content (AvgIpc) is 3.15. The molecule has 4 aromatic rings. The lowest BCUT2D eigenvalue weighted by Gasteiger charge is -2.06. The first-order valence-electron chi connectivity index (χ1n) is 9.55. The molecular weight excluding hydrogens is 414 g/mol. The summed E-state index contributed by atoms with van der Waals surface area (Å²) in [7, 11) is 3.29. The van der Waals surface area contributed by atoms with Crippen LogP contribution >= 0.6 is 0 Å². The van der Waals surface area contributed by atoms with Gasteiger partial charge in [0.05, 0.1) is 19.9 Å². The Hall–Kier alpha value is -3.63. The molecule has 7 nitrogen and oxygen atoms in total. The number of nitrogens with zero attached hydrogens (tertiary/aromatic N) is 5. The van der Waals surface area contributed by atoms with E-state index in [1.54, 1.807) is 27.3 Å². The van der Waals surface area contributed by atoms with Crippen molar-refractivity contribution in [2.45, 2.75) is 20.0 Å². The summed E-state index contributed by atoms with van der Waals surface area (Å²) in [6.45, 7) is 2.91. The molecule has 0 fully saturated rings. The molecule has 31 heavy (non-hydrogen) atoms. The molecule has 0 aliphatic heterocycles. The number of aryl methyl sites for hydroxylation is 1. The van der Waals surface area contributed by atoms with Gasteiger partial charge in [-0.3, -0.25) is 4.79 Å². The largest absolute Gasteiger partial charge is 1.00 e. The molecule has 0 N–H and O–H groups in total. The van der Waals surface area contributed by atoms with Crippen molar-refractivity contribution in [2.75, 3.05) is 7.11 Å². The lowest BCUT2D eigenvalue weighted by molar-refractivity contribution is -0.688. The van der Waals surface area contributed by atoms with Crippen molar-refractivity contribution in [1.29, 1.82) is 0 Å². The SMILES string of the molecule is CC#CCn1c(-c2cc[n+](Cc3ccc(OC)cc3)cc2)nc2cnn(C)c(=O)c21.[Cl-]. The van der Waals surface area contributed by atoms with E-state index in [0.29, 0.717) is 23.4 Å². The zero-order valence-corrected chi connectivity index (χ0v) is 18.3. The minimum Gasteiger partial charge on any atom is -1.00 e. The van der Waals surface area contributed by atoms with Crippen molar-refractivity contribution in [2.24, 2.45) is 7.05 Å². The van der Waals surface area contributed by atoms with Crippen LogP contribution in [0.1, 0.15) is 12.5 Å². The molecule has 0 unspecified atom stereocenters. The number of ether oxygens (including phenoxy) is 1. The van der Waals surface area contributed by atoms with E-state index in [1.807, 2.05) is 53.4 Å². The summed E-state index contributed by atoms with van der Waals surface area (Å²) >= 11 is 0. The fourth-order valence-electron chi connectivity index (χ4n) is 3.32. The maximum absolute atomic E-state index is 12.6. The van der Waals surface area contributed by atoms with Gasteiger partial charge in [0.2, 0.25) is 0 Å². The quantitative estimate of drug-likeness (QED) is 0.303. The summed E-state index contributed by atoms with van der Waals surface area (Å²) in [4.78, 5) is 17.3. The fourth-order valence-corrected chi connectivity index (χ4v) is 3.32. The summed E-state index contributed by atoms with van der Waals surface area (Å²) in [6, 6.07) is 12.0. The Labute approximate surface area is 186 Å². The minimum absolute atomic E-state index is 0. The van der Waals surface area contributed by atoms with Crippen LogP contribution in [0.5, 0.6) is 5.75 Å². The first kappa shape index (κ1) is 22.1. The van der Waals surface area contributed by atoms with E-state index in [0.717, 1.165) is 17.9 Å². The van der Waals surface area contributed by atoms with Gasteiger partial charge in [0.25, 0.3) is 5.56 Å². The molecule has 3 heterocycles. The van der Waals surface area contributed by atoms with Crippen LogP contribution in [-0.4, -0.2) is 26.4 Å². The Morgan fingerprint density at radius 3 is 2.48 bits per heavy atom. The third kappa shape index (κ3) is 4.44. The molecule has 3 aromatic heterocycles. The highest BCUT2D eigenvalue weighted by atomic mass is 35.5. The monoisotopic (exact) mass is 435 g/mol. The van der Waals surface area contributed by atoms with Crippen molar-refractivity contribution in [3.63, 3.8) is 0 Å². The Kier molecular flexibility index (Phi) is 6.73. The standard InChI is InChI=1S/C23H22N5O2.ClH/c1-4-5-12-28-21-20(15-24-26(2)23(21)29)25-22(28)18-10-13-27(14-11-18)16-17-6-8-19(30-3)9-7-17;/h6-11,13-15H,12,16H2,1-3H3;1H/q+1;/p-1. The molecule has 4 rings (SSSR count). The average molecular weight is 436 g/mol. The highest BCUT2D eigenvalue weighted by Crippen LogP contribution is 2.22. The van der Waals surface area contributed by atoms with Gasteiger partial charge in [-0.25, -0.2) is 14.2 Å². The topological polar surface area (TPSA) is 65.8 Å². The molecule has 0 spiro atoms. The smallest absolute Gasteiger partial charge is 0.292 e. The van der Waals surface area contributed by atoms with Crippen molar-refractivity contribution < 1.29 is 21.7 Å². The molecule has 0 saturated carbocycles. The first-order valence-corrected chi connectivity index (χ1v) is 9.55. The van der Waals surface area contributed by atoms with Crippen LogP contribution in [0.4, 0.5) is 0 Å². The number of methoxy groups -OCH3 is 1. The summed E-state index contributed by atoms with van der Waals surface area (Å²) in [5.41, 5.74) is 2.99. The number of hydrogen-bond donors (Lipinski definition) is 0. The van der Waals surface area contributed by atoms with Gasteiger partial charge >= 0.3 is 0 Å². The maximum Gasteiger partial charge on any atom is 0.292 e. The lowest BCUT2D eigenvalue weighted by atomic mass is 10.2. The van der Waals surface area contributed by atoms with Gasteiger partial charge in [0.15, 0.2) is 18.9 Å². The molecule has 0 saturated heterocycles. The van der Waals surface area contributed by atoms with Gasteiger partial charge in [-0.1, -0.05) is 5.92 Å². The molecule has 0 aliphatic rings. The molecule has 1 aromatic carbocycles. The maximum atomic E-state index is 12.6. The van der Waals surface area contributed by atoms with E-state index in [1.165, 1.54) is 10.2 Å². The molecule has 0 radical (unpaired) electrons. The summed E-state index contributed by atoms with van der Waals surface area (Å²) in [5.74, 6) is 7.48. The van der Waals surface area contributed by atoms with Crippen LogP contribution in [0, 0.1) is 11.8 Å². The molecule has 158 valence electrons. The van der Waals surface area contributed by atoms with Gasteiger partial charge < -0.3 is 21.7 Å². The first-order chi connectivity index (χ1) is 14.6. The summed E-state index contributed by atoms with van der Waals surface area (Å²) in [6.07, 6.45) is 5.62. The molecule has 0 aliphatic carbocycles. The number of aromatic nitrogens is 5. The van der Waals surface area contributed by atoms with Crippen molar-refractivity contribution in [3.8, 4) is 29.0 Å². The van der Waals surface area contributed by atoms with E-state index in [-0.39, 0.29) is 18.0 Å². The molecule has 8 heteroatoms.